The van der Waals surface area contributed by atoms with Crippen molar-refractivity contribution in [1.29, 1.82) is 0 Å². The highest BCUT2D eigenvalue weighted by Crippen LogP contribution is 2.21. The van der Waals surface area contributed by atoms with E-state index >= 15 is 0 Å². The molecule has 0 bridgehead atoms. The SMILES string of the molecule is OCCNc1ccc2ncsc2c1. The highest BCUT2D eigenvalue weighted by atomic mass is 32.1. The first-order valence-electron chi connectivity index (χ1n) is 4.08. The zero-order chi connectivity index (χ0) is 9.10. The van der Waals surface area contributed by atoms with E-state index in [0.29, 0.717) is 6.54 Å². The van der Waals surface area contributed by atoms with Crippen LogP contribution < -0.4 is 5.32 Å². The number of hydrogen-bond acceptors (Lipinski definition) is 4. The molecule has 0 fully saturated rings. The van der Waals surface area contributed by atoms with Crippen molar-refractivity contribution in [1.82, 2.24) is 4.98 Å². The third-order valence-corrected chi connectivity index (χ3v) is 2.56. The number of anilines is 1. The van der Waals surface area contributed by atoms with Crippen molar-refractivity contribution >= 4 is 27.2 Å². The Kier molecular flexibility index (Phi) is 2.42. The van der Waals surface area contributed by atoms with E-state index < -0.39 is 0 Å². The summed E-state index contributed by atoms with van der Waals surface area (Å²) in [5.74, 6) is 0. The Bertz CT molecular complexity index is 399. The molecule has 1 aromatic heterocycles. The maximum absolute atomic E-state index is 8.63. The zero-order valence-electron chi connectivity index (χ0n) is 7.03. The maximum Gasteiger partial charge on any atom is 0.0813 e. The second kappa shape index (κ2) is 3.72. The molecular formula is C9H10N2OS. The van der Waals surface area contributed by atoms with Gasteiger partial charge in [-0.1, -0.05) is 0 Å². The van der Waals surface area contributed by atoms with Crippen LogP contribution in [0.1, 0.15) is 0 Å². The largest absolute Gasteiger partial charge is 0.395 e. The Hall–Kier alpha value is -1.13. The van der Waals surface area contributed by atoms with Gasteiger partial charge < -0.3 is 10.4 Å². The van der Waals surface area contributed by atoms with Crippen molar-refractivity contribution in [3.63, 3.8) is 0 Å². The summed E-state index contributed by atoms with van der Waals surface area (Å²) in [7, 11) is 0. The molecule has 0 atom stereocenters. The second-order valence-corrected chi connectivity index (χ2v) is 3.57. The smallest absolute Gasteiger partial charge is 0.0813 e. The van der Waals surface area contributed by atoms with Gasteiger partial charge in [-0.15, -0.1) is 11.3 Å². The van der Waals surface area contributed by atoms with E-state index in [1.165, 1.54) is 4.70 Å². The first kappa shape index (κ1) is 8.47. The third-order valence-electron chi connectivity index (χ3n) is 1.77. The first-order valence-corrected chi connectivity index (χ1v) is 4.96. The Morgan fingerprint density at radius 1 is 1.46 bits per heavy atom. The predicted molar refractivity (Wildman–Crippen MR) is 55.2 cm³/mol. The molecule has 0 unspecified atom stereocenters. The van der Waals surface area contributed by atoms with Gasteiger partial charge in [-0.3, -0.25) is 0 Å². The van der Waals surface area contributed by atoms with Crippen LogP contribution in [0.5, 0.6) is 0 Å². The molecule has 1 heterocycles. The van der Waals surface area contributed by atoms with Crippen molar-refractivity contribution in [3.8, 4) is 0 Å². The lowest BCUT2D eigenvalue weighted by Gasteiger charge is -2.02. The molecule has 0 saturated heterocycles. The fraction of sp³-hybridized carbons (Fsp3) is 0.222. The molecule has 0 radical (unpaired) electrons. The standard InChI is InChI=1S/C9H10N2OS/c12-4-3-10-7-1-2-8-9(5-7)13-6-11-8/h1-2,5-6,10,12H,3-4H2. The fourth-order valence-corrected chi connectivity index (χ4v) is 1.88. The molecule has 68 valence electrons. The minimum atomic E-state index is 0.153. The summed E-state index contributed by atoms with van der Waals surface area (Å²) in [5.41, 5.74) is 3.89. The van der Waals surface area contributed by atoms with Crippen molar-refractivity contribution in [2.24, 2.45) is 0 Å². The van der Waals surface area contributed by atoms with Gasteiger partial charge in [0.1, 0.15) is 0 Å². The Morgan fingerprint density at radius 2 is 2.38 bits per heavy atom. The van der Waals surface area contributed by atoms with Gasteiger partial charge in [0.25, 0.3) is 0 Å². The van der Waals surface area contributed by atoms with Crippen LogP contribution in [-0.2, 0) is 0 Å². The number of thiazole rings is 1. The summed E-state index contributed by atoms with van der Waals surface area (Å²) >= 11 is 1.62. The highest BCUT2D eigenvalue weighted by Gasteiger charge is 1.97. The fourth-order valence-electron chi connectivity index (χ4n) is 1.17. The summed E-state index contributed by atoms with van der Waals surface area (Å²) in [5, 5.41) is 11.7. The number of fused-ring (bicyclic) bond motifs is 1. The minimum Gasteiger partial charge on any atom is -0.395 e. The van der Waals surface area contributed by atoms with Crippen molar-refractivity contribution in [2.75, 3.05) is 18.5 Å². The van der Waals surface area contributed by atoms with Crippen LogP contribution in [0.3, 0.4) is 0 Å². The van der Waals surface area contributed by atoms with Gasteiger partial charge in [0.05, 0.1) is 22.3 Å². The van der Waals surface area contributed by atoms with Gasteiger partial charge in [-0.2, -0.15) is 0 Å². The zero-order valence-corrected chi connectivity index (χ0v) is 7.84. The molecular weight excluding hydrogens is 184 g/mol. The molecule has 3 nitrogen and oxygen atoms in total. The van der Waals surface area contributed by atoms with E-state index in [0.717, 1.165) is 11.2 Å². The molecule has 2 rings (SSSR count). The lowest BCUT2D eigenvalue weighted by molar-refractivity contribution is 0.311. The second-order valence-electron chi connectivity index (χ2n) is 2.69. The summed E-state index contributed by atoms with van der Waals surface area (Å²) in [6.45, 7) is 0.741. The summed E-state index contributed by atoms with van der Waals surface area (Å²) in [6.07, 6.45) is 0. The van der Waals surface area contributed by atoms with E-state index in [4.69, 9.17) is 5.11 Å². The molecule has 4 heteroatoms. The van der Waals surface area contributed by atoms with E-state index in [1.54, 1.807) is 11.3 Å². The number of aliphatic hydroxyl groups is 1. The molecule has 0 saturated carbocycles. The van der Waals surface area contributed by atoms with Gasteiger partial charge in [0, 0.05) is 12.2 Å². The number of aliphatic hydroxyl groups excluding tert-OH is 1. The van der Waals surface area contributed by atoms with Gasteiger partial charge >= 0.3 is 0 Å². The number of benzene rings is 1. The number of nitrogens with one attached hydrogen (secondary N) is 1. The molecule has 0 spiro atoms. The number of rotatable bonds is 3. The lowest BCUT2D eigenvalue weighted by atomic mass is 10.3. The summed E-state index contributed by atoms with van der Waals surface area (Å²) in [6, 6.07) is 5.99. The Morgan fingerprint density at radius 3 is 3.23 bits per heavy atom. The van der Waals surface area contributed by atoms with Gasteiger partial charge in [0.15, 0.2) is 0 Å². The van der Waals surface area contributed by atoms with Gasteiger partial charge in [0.2, 0.25) is 0 Å². The van der Waals surface area contributed by atoms with Crippen molar-refractivity contribution in [2.45, 2.75) is 0 Å². The van der Waals surface area contributed by atoms with Crippen molar-refractivity contribution in [3.05, 3.63) is 23.7 Å². The van der Waals surface area contributed by atoms with E-state index in [2.05, 4.69) is 10.3 Å². The topological polar surface area (TPSA) is 45.1 Å². The van der Waals surface area contributed by atoms with Crippen LogP contribution in [0.15, 0.2) is 23.7 Å². The molecule has 0 aliphatic carbocycles. The quantitative estimate of drug-likeness (QED) is 0.781. The summed E-state index contributed by atoms with van der Waals surface area (Å²) in [4.78, 5) is 4.18. The minimum absolute atomic E-state index is 0.153. The van der Waals surface area contributed by atoms with Crippen LogP contribution in [-0.4, -0.2) is 23.2 Å². The maximum atomic E-state index is 8.63. The number of hydrogen-bond donors (Lipinski definition) is 2. The lowest BCUT2D eigenvalue weighted by Crippen LogP contribution is -2.04. The van der Waals surface area contributed by atoms with Crippen molar-refractivity contribution < 1.29 is 5.11 Å². The van der Waals surface area contributed by atoms with Gasteiger partial charge in [-0.25, -0.2) is 4.98 Å². The molecule has 13 heavy (non-hydrogen) atoms. The third kappa shape index (κ3) is 1.79. The molecule has 2 aromatic rings. The normalized spacial score (nSPS) is 10.5. The van der Waals surface area contributed by atoms with E-state index in [9.17, 15) is 0 Å². The number of nitrogens with zero attached hydrogens (tertiary/aromatic N) is 1. The van der Waals surface area contributed by atoms with Crippen LogP contribution in [0, 0.1) is 0 Å². The molecule has 0 aliphatic rings. The van der Waals surface area contributed by atoms with E-state index in [-0.39, 0.29) is 6.61 Å². The summed E-state index contributed by atoms with van der Waals surface area (Å²) < 4.78 is 1.17. The average molecular weight is 194 g/mol. The van der Waals surface area contributed by atoms with Crippen LogP contribution >= 0.6 is 11.3 Å². The Labute approximate surface area is 80.0 Å². The molecule has 0 amide bonds. The Balaban J connectivity index is 2.26. The monoisotopic (exact) mass is 194 g/mol. The van der Waals surface area contributed by atoms with Crippen LogP contribution in [0.2, 0.25) is 0 Å². The molecule has 0 aliphatic heterocycles. The molecule has 2 N–H and O–H groups in total. The predicted octanol–water partition coefficient (Wildman–Crippen LogP) is 1.70. The van der Waals surface area contributed by atoms with E-state index in [1.807, 2.05) is 23.7 Å². The first-order chi connectivity index (χ1) is 6.40. The average Bonchev–Trinajstić information content (AvgIpc) is 2.61. The molecule has 1 aromatic carbocycles. The van der Waals surface area contributed by atoms with Crippen LogP contribution in [0.25, 0.3) is 10.2 Å². The van der Waals surface area contributed by atoms with Gasteiger partial charge in [-0.05, 0) is 18.2 Å². The number of aromatic nitrogens is 1. The van der Waals surface area contributed by atoms with Crippen LogP contribution in [0.4, 0.5) is 5.69 Å². The highest BCUT2D eigenvalue weighted by molar-refractivity contribution is 7.16.